The minimum absolute atomic E-state index is 0.386. The smallest absolute Gasteiger partial charge is 0.127 e. The lowest BCUT2D eigenvalue weighted by Gasteiger charge is -2.15. The Labute approximate surface area is 94.7 Å². The predicted octanol–water partition coefficient (Wildman–Crippen LogP) is 1.64. The fraction of sp³-hybridized carbons (Fsp3) is 0.500. The van der Waals surface area contributed by atoms with Crippen molar-refractivity contribution < 1.29 is 0 Å². The number of pyridine rings is 1. The highest BCUT2D eigenvalue weighted by molar-refractivity contribution is 5.74. The van der Waals surface area contributed by atoms with Crippen molar-refractivity contribution in [3.05, 3.63) is 24.3 Å². The van der Waals surface area contributed by atoms with E-state index in [1.165, 1.54) is 6.42 Å². The van der Waals surface area contributed by atoms with E-state index in [1.807, 2.05) is 18.5 Å². The molecule has 0 spiro atoms. The molecule has 1 aliphatic rings. The van der Waals surface area contributed by atoms with Gasteiger partial charge in [0.15, 0.2) is 0 Å². The van der Waals surface area contributed by atoms with Crippen LogP contribution in [0.15, 0.2) is 18.5 Å². The first-order chi connectivity index (χ1) is 7.77. The predicted molar refractivity (Wildman–Crippen MR) is 63.0 cm³/mol. The van der Waals surface area contributed by atoms with Crippen LogP contribution in [-0.2, 0) is 7.05 Å². The molecule has 1 aliphatic heterocycles. The molecule has 16 heavy (non-hydrogen) atoms. The van der Waals surface area contributed by atoms with E-state index in [1.54, 1.807) is 0 Å². The lowest BCUT2D eigenvalue weighted by molar-refractivity contribution is 0.469. The number of hydrogen-bond donors (Lipinski definition) is 1. The van der Waals surface area contributed by atoms with Crippen LogP contribution in [-0.4, -0.2) is 21.1 Å². The summed E-state index contributed by atoms with van der Waals surface area (Å²) in [5, 5.41) is 3.52. The molecule has 2 aromatic heterocycles. The summed E-state index contributed by atoms with van der Waals surface area (Å²) in [6.45, 7) is 3.37. The average Bonchev–Trinajstić information content (AvgIpc) is 2.84. The van der Waals surface area contributed by atoms with Gasteiger partial charge in [-0.2, -0.15) is 0 Å². The van der Waals surface area contributed by atoms with Crippen LogP contribution in [0.25, 0.3) is 11.0 Å². The van der Waals surface area contributed by atoms with E-state index in [0.29, 0.717) is 12.0 Å². The van der Waals surface area contributed by atoms with Crippen LogP contribution in [0.5, 0.6) is 0 Å². The molecule has 2 aromatic rings. The highest BCUT2D eigenvalue weighted by atomic mass is 15.1. The number of rotatable bonds is 1. The Morgan fingerprint density at radius 2 is 2.38 bits per heavy atom. The fourth-order valence-corrected chi connectivity index (χ4v) is 2.53. The van der Waals surface area contributed by atoms with Crippen LogP contribution >= 0.6 is 0 Å². The summed E-state index contributed by atoms with van der Waals surface area (Å²) in [6.07, 6.45) is 4.88. The van der Waals surface area contributed by atoms with Gasteiger partial charge in [0, 0.05) is 13.2 Å². The molecule has 0 bridgehead atoms. The highest BCUT2D eigenvalue weighted by Gasteiger charge is 2.28. The third kappa shape index (κ3) is 1.33. The molecule has 3 rings (SSSR count). The van der Waals surface area contributed by atoms with Gasteiger partial charge in [-0.1, -0.05) is 6.92 Å². The Morgan fingerprint density at radius 3 is 3.06 bits per heavy atom. The van der Waals surface area contributed by atoms with Crippen molar-refractivity contribution >= 4 is 11.0 Å². The van der Waals surface area contributed by atoms with Crippen LogP contribution in [0.1, 0.15) is 25.2 Å². The van der Waals surface area contributed by atoms with Gasteiger partial charge in [0.2, 0.25) is 0 Å². The van der Waals surface area contributed by atoms with Crippen LogP contribution in [0.4, 0.5) is 0 Å². The van der Waals surface area contributed by atoms with Crippen LogP contribution in [0.3, 0.4) is 0 Å². The summed E-state index contributed by atoms with van der Waals surface area (Å²) >= 11 is 0. The second-order valence-electron chi connectivity index (χ2n) is 4.59. The number of imidazole rings is 1. The third-order valence-electron chi connectivity index (χ3n) is 3.53. The van der Waals surface area contributed by atoms with Gasteiger partial charge in [0.25, 0.3) is 0 Å². The first kappa shape index (κ1) is 9.78. The number of nitrogens with one attached hydrogen (secondary N) is 1. The summed E-state index contributed by atoms with van der Waals surface area (Å²) < 4.78 is 2.18. The summed E-state index contributed by atoms with van der Waals surface area (Å²) in [7, 11) is 2.08. The minimum atomic E-state index is 0.386. The molecule has 0 saturated carbocycles. The number of aryl methyl sites for hydroxylation is 1. The maximum absolute atomic E-state index is 4.68. The third-order valence-corrected chi connectivity index (χ3v) is 3.53. The van der Waals surface area contributed by atoms with Crippen molar-refractivity contribution in [3.8, 4) is 0 Å². The van der Waals surface area contributed by atoms with Crippen molar-refractivity contribution in [2.24, 2.45) is 13.0 Å². The zero-order valence-electron chi connectivity index (χ0n) is 9.64. The Balaban J connectivity index is 2.13. The zero-order valence-corrected chi connectivity index (χ0v) is 9.64. The summed E-state index contributed by atoms with van der Waals surface area (Å²) in [6, 6.07) is 2.41. The molecular weight excluding hydrogens is 200 g/mol. The van der Waals surface area contributed by atoms with Crippen molar-refractivity contribution in [2.75, 3.05) is 6.54 Å². The lowest BCUT2D eigenvalue weighted by atomic mass is 10.0. The summed E-state index contributed by atoms with van der Waals surface area (Å²) in [5.74, 6) is 1.79. The number of hydrogen-bond acceptors (Lipinski definition) is 3. The van der Waals surface area contributed by atoms with Crippen LogP contribution < -0.4 is 5.32 Å². The molecule has 1 fully saturated rings. The molecule has 2 unspecified atom stereocenters. The van der Waals surface area contributed by atoms with Gasteiger partial charge < -0.3 is 9.88 Å². The van der Waals surface area contributed by atoms with Gasteiger partial charge in [0.1, 0.15) is 11.3 Å². The molecule has 4 heteroatoms. The second-order valence-corrected chi connectivity index (χ2v) is 4.59. The second kappa shape index (κ2) is 3.56. The number of nitrogens with zero attached hydrogens (tertiary/aromatic N) is 3. The van der Waals surface area contributed by atoms with Crippen molar-refractivity contribution in [1.29, 1.82) is 0 Å². The standard InChI is InChI=1S/C12H16N4/c1-8-3-6-14-11(8)12-15-9-7-13-5-4-10(9)16(12)2/h4-5,7-8,11,14H,3,6H2,1-2H3. The van der Waals surface area contributed by atoms with Crippen molar-refractivity contribution in [2.45, 2.75) is 19.4 Å². The van der Waals surface area contributed by atoms with E-state index in [0.717, 1.165) is 23.4 Å². The monoisotopic (exact) mass is 216 g/mol. The first-order valence-electron chi connectivity index (χ1n) is 5.77. The van der Waals surface area contributed by atoms with Crippen molar-refractivity contribution in [1.82, 2.24) is 19.9 Å². The molecule has 0 amide bonds. The maximum Gasteiger partial charge on any atom is 0.127 e. The molecule has 3 heterocycles. The molecule has 84 valence electrons. The van der Waals surface area contributed by atoms with Gasteiger partial charge in [-0.05, 0) is 24.9 Å². The van der Waals surface area contributed by atoms with E-state index in [-0.39, 0.29) is 0 Å². The minimum Gasteiger partial charge on any atom is -0.330 e. The molecule has 0 radical (unpaired) electrons. The maximum atomic E-state index is 4.68. The van der Waals surface area contributed by atoms with Crippen LogP contribution in [0, 0.1) is 5.92 Å². The van der Waals surface area contributed by atoms with E-state index >= 15 is 0 Å². The summed E-state index contributed by atoms with van der Waals surface area (Å²) in [4.78, 5) is 8.80. The zero-order chi connectivity index (χ0) is 11.1. The molecule has 0 aliphatic carbocycles. The van der Waals surface area contributed by atoms with E-state index in [4.69, 9.17) is 0 Å². The normalized spacial score (nSPS) is 25.4. The van der Waals surface area contributed by atoms with Crippen molar-refractivity contribution in [3.63, 3.8) is 0 Å². The highest BCUT2D eigenvalue weighted by Crippen LogP contribution is 2.29. The van der Waals surface area contributed by atoms with E-state index in [9.17, 15) is 0 Å². The Hall–Kier alpha value is -1.42. The van der Waals surface area contributed by atoms with Gasteiger partial charge >= 0.3 is 0 Å². The van der Waals surface area contributed by atoms with Crippen LogP contribution in [0.2, 0.25) is 0 Å². The molecular formula is C12H16N4. The molecule has 1 N–H and O–H groups in total. The topological polar surface area (TPSA) is 42.7 Å². The number of fused-ring (bicyclic) bond motifs is 1. The molecule has 2 atom stereocenters. The average molecular weight is 216 g/mol. The van der Waals surface area contributed by atoms with E-state index < -0.39 is 0 Å². The van der Waals surface area contributed by atoms with Gasteiger partial charge in [0.05, 0.1) is 17.8 Å². The molecule has 0 aromatic carbocycles. The Kier molecular flexibility index (Phi) is 2.17. The largest absolute Gasteiger partial charge is 0.330 e. The van der Waals surface area contributed by atoms with Gasteiger partial charge in [-0.3, -0.25) is 4.98 Å². The van der Waals surface area contributed by atoms with Gasteiger partial charge in [-0.25, -0.2) is 4.98 Å². The Bertz CT molecular complexity index is 517. The van der Waals surface area contributed by atoms with E-state index in [2.05, 4.69) is 33.8 Å². The fourth-order valence-electron chi connectivity index (χ4n) is 2.53. The SMILES string of the molecule is CC1CCNC1c1nc2cnccc2n1C. The van der Waals surface area contributed by atoms with Gasteiger partial charge in [-0.15, -0.1) is 0 Å². The number of aromatic nitrogens is 3. The first-order valence-corrected chi connectivity index (χ1v) is 5.77. The molecule has 1 saturated heterocycles. The summed E-state index contributed by atoms with van der Waals surface area (Å²) in [5.41, 5.74) is 2.15. The lowest BCUT2D eigenvalue weighted by Crippen LogP contribution is -2.20. The molecule has 4 nitrogen and oxygen atoms in total. The Morgan fingerprint density at radius 1 is 1.50 bits per heavy atom. The quantitative estimate of drug-likeness (QED) is 0.788.